The average Bonchev–Trinajstić information content (AvgIpc) is 2.47. The molecule has 2 heterocycles. The van der Waals surface area contributed by atoms with Crippen molar-refractivity contribution in [1.29, 1.82) is 0 Å². The minimum Gasteiger partial charge on any atom is -0.393 e. The van der Waals surface area contributed by atoms with Gasteiger partial charge in [0.15, 0.2) is 0 Å². The van der Waals surface area contributed by atoms with E-state index in [-0.39, 0.29) is 0 Å². The first-order chi connectivity index (χ1) is 9.59. The van der Waals surface area contributed by atoms with E-state index in [0.29, 0.717) is 41.7 Å². The molecule has 0 bridgehead atoms. The maximum atomic E-state index is 12.7. The van der Waals surface area contributed by atoms with Crippen LogP contribution in [-0.4, -0.2) is 42.0 Å². The smallest absolute Gasteiger partial charge is 0.243 e. The van der Waals surface area contributed by atoms with Crippen molar-refractivity contribution in [2.75, 3.05) is 13.1 Å². The van der Waals surface area contributed by atoms with E-state index in [9.17, 15) is 13.5 Å². The maximum absolute atomic E-state index is 12.7. The number of nitrogens with zero attached hydrogens (tertiary/aromatic N) is 2. The fraction of sp³-hybridized carbons (Fsp3) is 0.357. The fourth-order valence-corrected chi connectivity index (χ4v) is 4.19. The minimum atomic E-state index is -3.53. The van der Waals surface area contributed by atoms with Gasteiger partial charge in [-0.15, -0.1) is 0 Å². The van der Waals surface area contributed by atoms with Gasteiger partial charge in [-0.2, -0.15) is 4.31 Å². The predicted octanol–water partition coefficient (Wildman–Crippen LogP) is 1.38. The molecule has 0 atom stereocenters. The Morgan fingerprint density at radius 1 is 1.15 bits per heavy atom. The Balaban J connectivity index is 2.05. The standard InChI is InChI=1S/C14H16N2O3S/c17-11-6-9-16(10-7-11)20(18,19)14-5-1-4-13-12(14)3-2-8-15-13/h1-5,8,11,17H,6-7,9-10H2. The monoisotopic (exact) mass is 292 g/mol. The van der Waals surface area contributed by atoms with Gasteiger partial charge in [-0.3, -0.25) is 4.98 Å². The summed E-state index contributed by atoms with van der Waals surface area (Å²) in [7, 11) is -3.53. The van der Waals surface area contributed by atoms with Gasteiger partial charge in [0.25, 0.3) is 0 Å². The van der Waals surface area contributed by atoms with E-state index in [0.717, 1.165) is 0 Å². The van der Waals surface area contributed by atoms with Crippen LogP contribution in [0.15, 0.2) is 41.4 Å². The normalized spacial score (nSPS) is 18.4. The second-order valence-electron chi connectivity index (χ2n) is 4.96. The molecule has 6 heteroatoms. The highest BCUT2D eigenvalue weighted by Crippen LogP contribution is 2.26. The molecule has 0 radical (unpaired) electrons. The summed E-state index contributed by atoms with van der Waals surface area (Å²) in [6.45, 7) is 0.723. The lowest BCUT2D eigenvalue weighted by Crippen LogP contribution is -2.40. The van der Waals surface area contributed by atoms with Gasteiger partial charge in [-0.1, -0.05) is 6.07 Å². The lowest BCUT2D eigenvalue weighted by molar-refractivity contribution is 0.113. The van der Waals surface area contributed by atoms with Crippen molar-refractivity contribution in [3.8, 4) is 0 Å². The number of hydrogen-bond donors (Lipinski definition) is 1. The minimum absolute atomic E-state index is 0.291. The molecule has 1 aromatic carbocycles. The third-order valence-electron chi connectivity index (χ3n) is 3.65. The first kappa shape index (κ1) is 13.5. The predicted molar refractivity (Wildman–Crippen MR) is 75.7 cm³/mol. The van der Waals surface area contributed by atoms with Crippen LogP contribution in [0.4, 0.5) is 0 Å². The number of pyridine rings is 1. The van der Waals surface area contributed by atoms with Crippen LogP contribution in [0.2, 0.25) is 0 Å². The van der Waals surface area contributed by atoms with Gasteiger partial charge < -0.3 is 5.11 Å². The summed E-state index contributed by atoms with van der Waals surface area (Å²) in [6, 6.07) is 8.63. The number of sulfonamides is 1. The summed E-state index contributed by atoms with van der Waals surface area (Å²) in [5.41, 5.74) is 0.672. The van der Waals surface area contributed by atoms with Crippen LogP contribution in [0.1, 0.15) is 12.8 Å². The molecular weight excluding hydrogens is 276 g/mol. The van der Waals surface area contributed by atoms with E-state index in [1.807, 2.05) is 0 Å². The number of aromatic nitrogens is 1. The summed E-state index contributed by atoms with van der Waals surface area (Å²) in [5, 5.41) is 10.1. The van der Waals surface area contributed by atoms with Gasteiger partial charge in [0.1, 0.15) is 0 Å². The fourth-order valence-electron chi connectivity index (χ4n) is 2.52. The molecule has 1 aliphatic heterocycles. The van der Waals surface area contributed by atoms with Crippen molar-refractivity contribution >= 4 is 20.9 Å². The molecule has 0 unspecified atom stereocenters. The third kappa shape index (κ3) is 2.30. The Morgan fingerprint density at radius 3 is 2.65 bits per heavy atom. The number of aliphatic hydroxyl groups is 1. The van der Waals surface area contributed by atoms with Crippen LogP contribution in [0.5, 0.6) is 0 Å². The molecule has 20 heavy (non-hydrogen) atoms. The van der Waals surface area contributed by atoms with E-state index < -0.39 is 16.1 Å². The van der Waals surface area contributed by atoms with Crippen LogP contribution in [0.25, 0.3) is 10.9 Å². The first-order valence-electron chi connectivity index (χ1n) is 6.61. The first-order valence-corrected chi connectivity index (χ1v) is 8.05. The van der Waals surface area contributed by atoms with Crippen molar-refractivity contribution < 1.29 is 13.5 Å². The molecule has 3 rings (SSSR count). The zero-order valence-corrected chi connectivity index (χ0v) is 11.8. The highest BCUT2D eigenvalue weighted by Gasteiger charge is 2.29. The highest BCUT2D eigenvalue weighted by atomic mass is 32.2. The second-order valence-corrected chi connectivity index (χ2v) is 6.87. The Labute approximate surface area is 117 Å². The summed E-state index contributed by atoms with van der Waals surface area (Å²) in [4.78, 5) is 4.48. The molecule has 0 aliphatic carbocycles. The molecule has 0 saturated carbocycles. The summed E-state index contributed by atoms with van der Waals surface area (Å²) in [6.07, 6.45) is 2.23. The third-order valence-corrected chi connectivity index (χ3v) is 5.60. The molecule has 2 aromatic rings. The van der Waals surface area contributed by atoms with E-state index >= 15 is 0 Å². The van der Waals surface area contributed by atoms with Gasteiger partial charge in [0.2, 0.25) is 10.0 Å². The SMILES string of the molecule is O=S(=O)(c1cccc2ncccc12)N1CCC(O)CC1. The second kappa shape index (κ2) is 5.12. The van der Waals surface area contributed by atoms with Crippen molar-refractivity contribution in [3.05, 3.63) is 36.5 Å². The Hall–Kier alpha value is -1.50. The number of aliphatic hydroxyl groups excluding tert-OH is 1. The molecule has 1 fully saturated rings. The number of benzene rings is 1. The molecule has 1 aliphatic rings. The quantitative estimate of drug-likeness (QED) is 0.908. The highest BCUT2D eigenvalue weighted by molar-refractivity contribution is 7.89. The largest absolute Gasteiger partial charge is 0.393 e. The Morgan fingerprint density at radius 2 is 1.90 bits per heavy atom. The Kier molecular flexibility index (Phi) is 3.45. The van der Waals surface area contributed by atoms with E-state index in [2.05, 4.69) is 4.98 Å². The van der Waals surface area contributed by atoms with Gasteiger partial charge in [0.05, 0.1) is 16.5 Å². The molecule has 106 valence electrons. The maximum Gasteiger partial charge on any atom is 0.243 e. The van der Waals surface area contributed by atoms with Crippen LogP contribution in [0.3, 0.4) is 0 Å². The van der Waals surface area contributed by atoms with E-state index in [1.54, 1.807) is 36.5 Å². The van der Waals surface area contributed by atoms with Gasteiger partial charge >= 0.3 is 0 Å². The molecule has 1 saturated heterocycles. The lowest BCUT2D eigenvalue weighted by Gasteiger charge is -2.29. The van der Waals surface area contributed by atoms with Gasteiger partial charge in [-0.25, -0.2) is 8.42 Å². The number of hydrogen-bond acceptors (Lipinski definition) is 4. The molecule has 1 N–H and O–H groups in total. The van der Waals surface area contributed by atoms with Crippen LogP contribution < -0.4 is 0 Å². The zero-order valence-electron chi connectivity index (χ0n) is 10.9. The lowest BCUT2D eigenvalue weighted by atomic mass is 10.1. The average molecular weight is 292 g/mol. The van der Waals surface area contributed by atoms with Crippen molar-refractivity contribution in [3.63, 3.8) is 0 Å². The van der Waals surface area contributed by atoms with Crippen molar-refractivity contribution in [1.82, 2.24) is 9.29 Å². The number of fused-ring (bicyclic) bond motifs is 1. The molecular formula is C14H16N2O3S. The van der Waals surface area contributed by atoms with Crippen LogP contribution in [0, 0.1) is 0 Å². The van der Waals surface area contributed by atoms with Crippen LogP contribution >= 0.6 is 0 Å². The van der Waals surface area contributed by atoms with Gasteiger partial charge in [0, 0.05) is 24.7 Å². The van der Waals surface area contributed by atoms with Crippen molar-refractivity contribution in [2.24, 2.45) is 0 Å². The van der Waals surface area contributed by atoms with Gasteiger partial charge in [-0.05, 0) is 37.1 Å². The summed E-state index contributed by atoms with van der Waals surface area (Å²) in [5.74, 6) is 0. The topological polar surface area (TPSA) is 70.5 Å². The molecule has 0 spiro atoms. The van der Waals surface area contributed by atoms with E-state index in [1.165, 1.54) is 4.31 Å². The molecule has 5 nitrogen and oxygen atoms in total. The molecule has 1 aromatic heterocycles. The van der Waals surface area contributed by atoms with E-state index in [4.69, 9.17) is 0 Å². The molecule has 0 amide bonds. The number of rotatable bonds is 2. The Bertz CT molecular complexity index is 717. The summed E-state index contributed by atoms with van der Waals surface area (Å²) >= 11 is 0. The van der Waals surface area contributed by atoms with Crippen molar-refractivity contribution in [2.45, 2.75) is 23.8 Å². The number of piperidine rings is 1. The van der Waals surface area contributed by atoms with Crippen LogP contribution in [-0.2, 0) is 10.0 Å². The zero-order chi connectivity index (χ0) is 14.2. The summed E-state index contributed by atoms with van der Waals surface area (Å²) < 4.78 is 26.9.